The molecule has 1 aromatic carbocycles. The van der Waals surface area contributed by atoms with Gasteiger partial charge in [-0.25, -0.2) is 9.59 Å². The van der Waals surface area contributed by atoms with E-state index in [4.69, 9.17) is 31.2 Å². The molecule has 3 rings (SSSR count). The number of esters is 1. The van der Waals surface area contributed by atoms with E-state index in [1.54, 1.807) is 41.8 Å². The molecule has 8 nitrogen and oxygen atoms in total. The molecule has 1 atom stereocenters. The minimum absolute atomic E-state index is 0.136. The number of anilines is 1. The monoisotopic (exact) mass is 436 g/mol. The van der Waals surface area contributed by atoms with E-state index in [0.717, 1.165) is 0 Å². The lowest BCUT2D eigenvalue weighted by Crippen LogP contribution is -2.57. The minimum Gasteiger partial charge on any atom is -0.487 e. The van der Waals surface area contributed by atoms with Crippen LogP contribution in [-0.2, 0) is 14.3 Å². The summed E-state index contributed by atoms with van der Waals surface area (Å²) >= 11 is 5.43. The fraction of sp³-hybridized carbons (Fsp3) is 0.571. The Morgan fingerprint density at radius 1 is 1.30 bits per heavy atom. The van der Waals surface area contributed by atoms with Gasteiger partial charge in [-0.1, -0.05) is 12.2 Å². The van der Waals surface area contributed by atoms with Crippen LogP contribution in [-0.4, -0.2) is 66.0 Å². The molecule has 1 unspecified atom stereocenters. The van der Waals surface area contributed by atoms with Crippen molar-refractivity contribution in [3.63, 3.8) is 0 Å². The minimum atomic E-state index is -0.582. The molecule has 1 saturated heterocycles. The number of nitrogens with zero attached hydrogens (tertiary/aromatic N) is 2. The van der Waals surface area contributed by atoms with Crippen molar-refractivity contribution in [1.82, 2.24) is 4.90 Å². The van der Waals surface area contributed by atoms with Crippen LogP contribution >= 0.6 is 12.2 Å². The number of amides is 1. The number of carbonyl (C=O) groups is 2. The van der Waals surface area contributed by atoms with E-state index >= 15 is 0 Å². The first-order chi connectivity index (χ1) is 14.1. The summed E-state index contributed by atoms with van der Waals surface area (Å²) in [6.07, 6.45) is -0.482. The number of likely N-dealkylation sites (tertiary alicyclic amines) is 1. The van der Waals surface area contributed by atoms with Crippen LogP contribution in [0.2, 0.25) is 0 Å². The summed E-state index contributed by atoms with van der Waals surface area (Å²) in [6.45, 7) is 10.4. The molecule has 0 N–H and O–H groups in total. The highest BCUT2D eigenvalue weighted by molar-refractivity contribution is 7.80. The second kappa shape index (κ2) is 8.67. The number of thiocarbonyl (C=S) groups is 1. The number of rotatable bonds is 5. The van der Waals surface area contributed by atoms with Gasteiger partial charge in [-0.3, -0.25) is 0 Å². The van der Waals surface area contributed by atoms with Gasteiger partial charge in [0, 0.05) is 6.07 Å². The van der Waals surface area contributed by atoms with Crippen molar-refractivity contribution in [2.24, 2.45) is 0 Å². The van der Waals surface area contributed by atoms with Gasteiger partial charge in [-0.2, -0.15) is 0 Å². The highest BCUT2D eigenvalue weighted by atomic mass is 32.1. The normalized spacial score (nSPS) is 17.4. The molecular weight excluding hydrogens is 408 g/mol. The lowest BCUT2D eigenvalue weighted by atomic mass is 10.1. The van der Waals surface area contributed by atoms with Gasteiger partial charge in [-0.05, 0) is 46.8 Å². The Kier molecular flexibility index (Phi) is 6.40. The average Bonchev–Trinajstić information content (AvgIpc) is 2.62. The van der Waals surface area contributed by atoms with Gasteiger partial charge in [0.1, 0.15) is 40.8 Å². The van der Waals surface area contributed by atoms with E-state index in [9.17, 15) is 9.59 Å². The predicted octanol–water partition coefficient (Wildman–Crippen LogP) is 3.16. The zero-order valence-electron chi connectivity index (χ0n) is 18.0. The Balaban J connectivity index is 1.68. The van der Waals surface area contributed by atoms with Crippen molar-refractivity contribution in [3.05, 3.63) is 18.2 Å². The Morgan fingerprint density at radius 3 is 2.63 bits per heavy atom. The van der Waals surface area contributed by atoms with Crippen molar-refractivity contribution in [1.29, 1.82) is 0 Å². The topological polar surface area (TPSA) is 77.5 Å². The first-order valence-electron chi connectivity index (χ1n) is 9.99. The third-order valence-corrected chi connectivity index (χ3v) is 4.94. The number of benzene rings is 1. The molecule has 0 saturated carbocycles. The highest BCUT2D eigenvalue weighted by Crippen LogP contribution is 2.37. The smallest absolute Gasteiger partial charge is 0.410 e. The number of ether oxygens (including phenoxy) is 4. The molecule has 0 aliphatic carbocycles. The van der Waals surface area contributed by atoms with Gasteiger partial charge in [-0.15, -0.1) is 0 Å². The maximum Gasteiger partial charge on any atom is 0.410 e. The van der Waals surface area contributed by atoms with Crippen LogP contribution in [0, 0.1) is 0 Å². The first kappa shape index (κ1) is 22.1. The SMILES string of the molecule is CCOC(=O)C(C)N1C(=S)COc2ccc(OC3CN(C(=O)OC(C)(C)C)C3)cc21. The molecule has 2 aliphatic heterocycles. The molecule has 0 spiro atoms. The van der Waals surface area contributed by atoms with E-state index in [1.807, 2.05) is 20.8 Å². The summed E-state index contributed by atoms with van der Waals surface area (Å²) in [5, 5.41) is 0. The summed E-state index contributed by atoms with van der Waals surface area (Å²) in [4.78, 5) is 28.2. The predicted molar refractivity (Wildman–Crippen MR) is 115 cm³/mol. The Hall–Kier alpha value is -2.55. The quantitative estimate of drug-likeness (QED) is 0.515. The zero-order valence-corrected chi connectivity index (χ0v) is 18.8. The maximum absolute atomic E-state index is 12.3. The molecule has 2 aliphatic rings. The second-order valence-corrected chi connectivity index (χ2v) is 8.71. The summed E-state index contributed by atoms with van der Waals surface area (Å²) in [7, 11) is 0. The van der Waals surface area contributed by atoms with Gasteiger partial charge < -0.3 is 28.7 Å². The van der Waals surface area contributed by atoms with Crippen LogP contribution in [0.15, 0.2) is 18.2 Å². The maximum atomic E-state index is 12.3. The zero-order chi connectivity index (χ0) is 22.1. The molecule has 0 radical (unpaired) electrons. The molecular formula is C21H28N2O6S. The van der Waals surface area contributed by atoms with Crippen LogP contribution in [0.3, 0.4) is 0 Å². The number of carbonyl (C=O) groups excluding carboxylic acids is 2. The van der Waals surface area contributed by atoms with Crippen molar-refractivity contribution in [2.75, 3.05) is 31.2 Å². The lowest BCUT2D eigenvalue weighted by molar-refractivity contribution is -0.144. The number of hydrogen-bond donors (Lipinski definition) is 0. The molecule has 164 valence electrons. The van der Waals surface area contributed by atoms with Crippen LogP contribution in [0.4, 0.5) is 10.5 Å². The largest absolute Gasteiger partial charge is 0.487 e. The summed E-state index contributed by atoms with van der Waals surface area (Å²) < 4.78 is 22.2. The number of hydrogen-bond acceptors (Lipinski definition) is 7. The van der Waals surface area contributed by atoms with Gasteiger partial charge in [0.15, 0.2) is 0 Å². The van der Waals surface area contributed by atoms with E-state index < -0.39 is 11.6 Å². The third kappa shape index (κ3) is 4.95. The molecule has 1 amide bonds. The Labute approximate surface area is 182 Å². The molecule has 9 heteroatoms. The molecule has 1 fully saturated rings. The van der Waals surface area contributed by atoms with Crippen LogP contribution in [0.1, 0.15) is 34.6 Å². The molecule has 1 aromatic rings. The summed E-state index contributed by atoms with van der Waals surface area (Å²) in [6, 6.07) is 4.81. The fourth-order valence-electron chi connectivity index (χ4n) is 3.20. The fourth-order valence-corrected chi connectivity index (χ4v) is 3.51. The standard InChI is InChI=1S/C21H28N2O6S/c1-6-26-19(24)13(2)23-16-9-14(7-8-17(16)27-12-18(23)30)28-15-10-22(11-15)20(25)29-21(3,4)5/h7-9,13,15H,6,10-12H2,1-5H3. The Morgan fingerprint density at radius 2 is 2.00 bits per heavy atom. The van der Waals surface area contributed by atoms with E-state index in [0.29, 0.717) is 41.9 Å². The highest BCUT2D eigenvalue weighted by Gasteiger charge is 2.36. The van der Waals surface area contributed by atoms with Crippen LogP contribution in [0.5, 0.6) is 11.5 Å². The van der Waals surface area contributed by atoms with Crippen LogP contribution < -0.4 is 14.4 Å². The van der Waals surface area contributed by atoms with Crippen molar-refractivity contribution in [3.8, 4) is 11.5 Å². The van der Waals surface area contributed by atoms with E-state index in [1.165, 1.54) is 0 Å². The summed E-state index contributed by atoms with van der Waals surface area (Å²) in [5.74, 6) is 0.874. The lowest BCUT2D eigenvalue weighted by Gasteiger charge is -2.40. The van der Waals surface area contributed by atoms with Crippen molar-refractivity contribution < 1.29 is 28.5 Å². The van der Waals surface area contributed by atoms with Gasteiger partial charge >= 0.3 is 12.1 Å². The third-order valence-electron chi connectivity index (χ3n) is 4.63. The van der Waals surface area contributed by atoms with Gasteiger partial charge in [0.2, 0.25) is 0 Å². The molecule has 0 bridgehead atoms. The van der Waals surface area contributed by atoms with E-state index in [2.05, 4.69) is 0 Å². The average molecular weight is 437 g/mol. The molecule has 0 aromatic heterocycles. The van der Waals surface area contributed by atoms with E-state index in [-0.39, 0.29) is 24.8 Å². The first-order valence-corrected chi connectivity index (χ1v) is 10.4. The molecule has 2 heterocycles. The van der Waals surface area contributed by atoms with Crippen molar-refractivity contribution >= 4 is 35.0 Å². The van der Waals surface area contributed by atoms with Gasteiger partial charge in [0.05, 0.1) is 25.4 Å². The van der Waals surface area contributed by atoms with Gasteiger partial charge in [0.25, 0.3) is 0 Å². The van der Waals surface area contributed by atoms with Crippen LogP contribution in [0.25, 0.3) is 0 Å². The molecule has 30 heavy (non-hydrogen) atoms. The Bertz CT molecular complexity index is 831. The van der Waals surface area contributed by atoms with Crippen molar-refractivity contribution in [2.45, 2.75) is 52.4 Å². The number of fused-ring (bicyclic) bond motifs is 1. The summed E-state index contributed by atoms with van der Waals surface area (Å²) in [5.41, 5.74) is 0.131. The second-order valence-electron chi connectivity index (χ2n) is 8.24.